The molecular weight excluding hydrogens is 343 g/mol. The molecule has 0 amide bonds. The molecule has 2 aromatic carbocycles. The van der Waals surface area contributed by atoms with E-state index >= 15 is 0 Å². The second-order valence-corrected chi connectivity index (χ2v) is 6.91. The Kier molecular flexibility index (Phi) is 5.38. The number of Topliss-reactive ketones (excluding diaryl/α,β-unsaturated/α-hetero) is 1. The predicted molar refractivity (Wildman–Crippen MR) is 84.7 cm³/mol. The summed E-state index contributed by atoms with van der Waals surface area (Å²) in [6.07, 6.45) is 1.00. The molecule has 2 aromatic rings. The van der Waals surface area contributed by atoms with Gasteiger partial charge in [-0.15, -0.1) is 0 Å². The van der Waals surface area contributed by atoms with Crippen molar-refractivity contribution in [1.82, 2.24) is 0 Å². The normalized spacial score (nSPS) is 11.3. The van der Waals surface area contributed by atoms with E-state index in [0.717, 1.165) is 23.8 Å². The second-order valence-electron chi connectivity index (χ2n) is 4.96. The molecule has 0 bridgehead atoms. The molecule has 0 aliphatic rings. The molecule has 0 saturated heterocycles. The number of hydrogen-bond donors (Lipinski definition) is 0. The molecule has 0 N–H and O–H groups in total. The number of aryl methyl sites for hydroxylation is 1. The van der Waals surface area contributed by atoms with Gasteiger partial charge in [0.2, 0.25) is 0 Å². The van der Waals surface area contributed by atoms with E-state index in [-0.39, 0.29) is 21.5 Å². The van der Waals surface area contributed by atoms with Crippen LogP contribution in [0.25, 0.3) is 0 Å². The molecule has 0 heterocycles. The van der Waals surface area contributed by atoms with E-state index < -0.39 is 15.9 Å². The molecule has 122 valence electrons. The van der Waals surface area contributed by atoms with Crippen molar-refractivity contribution < 1.29 is 21.8 Å². The van der Waals surface area contributed by atoms with Gasteiger partial charge in [0.15, 0.2) is 0 Å². The Balaban J connectivity index is 2.13. The van der Waals surface area contributed by atoms with Crippen LogP contribution in [0, 0.1) is 5.82 Å². The number of ketones is 1. The zero-order valence-electron chi connectivity index (χ0n) is 12.3. The fourth-order valence-corrected chi connectivity index (χ4v) is 3.04. The maximum absolute atomic E-state index is 13.1. The molecule has 0 aliphatic carbocycles. The summed E-state index contributed by atoms with van der Waals surface area (Å²) in [5, 5.41) is -0.297. The monoisotopic (exact) mass is 356 g/mol. The Morgan fingerprint density at radius 1 is 1.17 bits per heavy atom. The van der Waals surface area contributed by atoms with E-state index in [1.54, 1.807) is 12.1 Å². The van der Waals surface area contributed by atoms with Crippen molar-refractivity contribution in [3.05, 3.63) is 58.9 Å². The minimum Gasteiger partial charge on any atom is -0.379 e. The molecule has 2 rings (SSSR count). The summed E-state index contributed by atoms with van der Waals surface area (Å²) in [5.74, 6) is -0.501. The lowest BCUT2D eigenvalue weighted by molar-refractivity contribution is -0.116. The summed E-state index contributed by atoms with van der Waals surface area (Å²) in [6.45, 7) is 1.51. The van der Waals surface area contributed by atoms with Gasteiger partial charge in [0.1, 0.15) is 22.2 Å². The molecule has 0 fully saturated rings. The van der Waals surface area contributed by atoms with Crippen LogP contribution in [0.15, 0.2) is 47.4 Å². The molecule has 0 radical (unpaired) electrons. The SMILES string of the molecule is CC(=O)CCc1ccc(OS(=O)(=O)c2ccc(F)c(Cl)c2)cc1. The molecule has 7 heteroatoms. The van der Waals surface area contributed by atoms with Crippen LogP contribution in [0.1, 0.15) is 18.9 Å². The maximum atomic E-state index is 13.1. The van der Waals surface area contributed by atoms with Gasteiger partial charge in [0.05, 0.1) is 5.02 Å². The Hall–Kier alpha value is -1.92. The summed E-state index contributed by atoms with van der Waals surface area (Å²) in [5.41, 5.74) is 0.898. The molecule has 0 atom stereocenters. The Morgan fingerprint density at radius 2 is 1.83 bits per heavy atom. The van der Waals surface area contributed by atoms with Gasteiger partial charge < -0.3 is 8.98 Å². The summed E-state index contributed by atoms with van der Waals surface area (Å²) < 4.78 is 42.3. The highest BCUT2D eigenvalue weighted by atomic mass is 35.5. The van der Waals surface area contributed by atoms with Crippen molar-refractivity contribution >= 4 is 27.5 Å². The Bertz CT molecular complexity index is 816. The van der Waals surface area contributed by atoms with Gasteiger partial charge in [-0.05, 0) is 49.2 Å². The van der Waals surface area contributed by atoms with E-state index in [4.69, 9.17) is 15.8 Å². The number of carbonyl (C=O) groups is 1. The van der Waals surface area contributed by atoms with Gasteiger partial charge in [0.25, 0.3) is 0 Å². The fourth-order valence-electron chi connectivity index (χ4n) is 1.84. The third-order valence-electron chi connectivity index (χ3n) is 3.07. The molecule has 0 saturated carbocycles. The molecule has 0 unspecified atom stereocenters. The largest absolute Gasteiger partial charge is 0.379 e. The van der Waals surface area contributed by atoms with Crippen molar-refractivity contribution in [2.45, 2.75) is 24.7 Å². The zero-order valence-corrected chi connectivity index (χ0v) is 13.8. The van der Waals surface area contributed by atoms with Crippen LogP contribution in [0.3, 0.4) is 0 Å². The number of hydrogen-bond acceptors (Lipinski definition) is 4. The maximum Gasteiger partial charge on any atom is 0.339 e. The topological polar surface area (TPSA) is 60.4 Å². The first-order valence-corrected chi connectivity index (χ1v) is 8.54. The standard InChI is InChI=1S/C16H14ClFO4S/c1-11(19)2-3-12-4-6-13(7-5-12)22-23(20,21)14-8-9-16(18)15(17)10-14/h4-10H,2-3H2,1H3. The van der Waals surface area contributed by atoms with E-state index in [0.29, 0.717) is 12.8 Å². The summed E-state index contributed by atoms with van der Waals surface area (Å²) >= 11 is 5.58. The lowest BCUT2D eigenvalue weighted by Crippen LogP contribution is -2.10. The first-order valence-electron chi connectivity index (χ1n) is 6.76. The van der Waals surface area contributed by atoms with Gasteiger partial charge in [-0.1, -0.05) is 23.7 Å². The van der Waals surface area contributed by atoms with E-state index in [9.17, 15) is 17.6 Å². The Morgan fingerprint density at radius 3 is 2.39 bits per heavy atom. The molecule has 0 spiro atoms. The quantitative estimate of drug-likeness (QED) is 0.739. The summed E-state index contributed by atoms with van der Waals surface area (Å²) in [7, 11) is -4.10. The lowest BCUT2D eigenvalue weighted by Gasteiger charge is -2.08. The minimum absolute atomic E-state index is 0.0843. The van der Waals surface area contributed by atoms with Gasteiger partial charge in [-0.2, -0.15) is 8.42 Å². The molecular formula is C16H14ClFO4S. The third-order valence-corrected chi connectivity index (χ3v) is 4.61. The highest BCUT2D eigenvalue weighted by Crippen LogP contribution is 2.23. The fraction of sp³-hybridized carbons (Fsp3) is 0.188. The lowest BCUT2D eigenvalue weighted by atomic mass is 10.1. The van der Waals surface area contributed by atoms with Gasteiger partial charge in [-0.25, -0.2) is 4.39 Å². The van der Waals surface area contributed by atoms with Crippen molar-refractivity contribution in [3.8, 4) is 5.75 Å². The van der Waals surface area contributed by atoms with Gasteiger partial charge >= 0.3 is 10.1 Å². The highest BCUT2D eigenvalue weighted by molar-refractivity contribution is 7.87. The van der Waals surface area contributed by atoms with Crippen molar-refractivity contribution in [3.63, 3.8) is 0 Å². The summed E-state index contributed by atoms with van der Waals surface area (Å²) in [4.78, 5) is 10.7. The zero-order chi connectivity index (χ0) is 17.0. The highest BCUT2D eigenvalue weighted by Gasteiger charge is 2.18. The number of halogens is 2. The van der Waals surface area contributed by atoms with Crippen LogP contribution in [-0.2, 0) is 21.3 Å². The molecule has 0 aliphatic heterocycles. The summed E-state index contributed by atoms with van der Waals surface area (Å²) in [6, 6.07) is 9.40. The minimum atomic E-state index is -4.10. The smallest absolute Gasteiger partial charge is 0.339 e. The number of rotatable bonds is 6. The van der Waals surface area contributed by atoms with Crippen molar-refractivity contribution in [2.24, 2.45) is 0 Å². The first kappa shape index (κ1) is 17.4. The molecule has 23 heavy (non-hydrogen) atoms. The van der Waals surface area contributed by atoms with Crippen LogP contribution in [-0.4, -0.2) is 14.2 Å². The molecule has 0 aromatic heterocycles. The third kappa shape index (κ3) is 4.77. The van der Waals surface area contributed by atoms with Crippen LogP contribution in [0.2, 0.25) is 5.02 Å². The van der Waals surface area contributed by atoms with Crippen molar-refractivity contribution in [1.29, 1.82) is 0 Å². The number of benzene rings is 2. The van der Waals surface area contributed by atoms with Crippen LogP contribution in [0.5, 0.6) is 5.75 Å². The average Bonchev–Trinajstić information content (AvgIpc) is 2.49. The van der Waals surface area contributed by atoms with Crippen LogP contribution in [0.4, 0.5) is 4.39 Å². The number of carbonyl (C=O) groups excluding carboxylic acids is 1. The van der Waals surface area contributed by atoms with Gasteiger partial charge in [0, 0.05) is 6.42 Å². The molecule has 4 nitrogen and oxygen atoms in total. The first-order chi connectivity index (χ1) is 10.8. The van der Waals surface area contributed by atoms with E-state index in [1.165, 1.54) is 19.1 Å². The van der Waals surface area contributed by atoms with Crippen LogP contribution >= 0.6 is 11.6 Å². The van der Waals surface area contributed by atoms with E-state index in [1.807, 2.05) is 0 Å². The second kappa shape index (κ2) is 7.10. The van der Waals surface area contributed by atoms with Crippen LogP contribution < -0.4 is 4.18 Å². The van der Waals surface area contributed by atoms with E-state index in [2.05, 4.69) is 0 Å². The van der Waals surface area contributed by atoms with Gasteiger partial charge in [-0.3, -0.25) is 0 Å². The average molecular weight is 357 g/mol. The predicted octanol–water partition coefficient (Wildman–Crippen LogP) is 3.77. The van der Waals surface area contributed by atoms with Crippen molar-refractivity contribution in [2.75, 3.05) is 0 Å². The Labute approximate surface area is 139 Å².